The number of alkyl halides is 1. The maximum absolute atomic E-state index is 12.7. The number of esters is 2. The van der Waals surface area contributed by atoms with Crippen molar-refractivity contribution in [1.82, 2.24) is 9.55 Å². The summed E-state index contributed by atoms with van der Waals surface area (Å²) in [6.45, 7) is -0.225. The minimum Gasteiger partial charge on any atom is -0.459 e. The van der Waals surface area contributed by atoms with Gasteiger partial charge in [0.1, 0.15) is 18.8 Å². The van der Waals surface area contributed by atoms with E-state index in [2.05, 4.69) is 20.9 Å². The quantitative estimate of drug-likeness (QED) is 0.396. The van der Waals surface area contributed by atoms with Crippen molar-refractivity contribution in [2.45, 2.75) is 23.3 Å². The number of carbonyl (C=O) groups is 2. The normalized spacial score (nSPS) is 22.0. The number of nitrogens with zero attached hydrogens (tertiary/aromatic N) is 1. The lowest BCUT2D eigenvalue weighted by molar-refractivity contribution is -0.0581. The standard InChI is InChI=1S/C23H19BrN2O7/c24-18-19(33-22(29)15-9-5-2-6-10-15)16(13-31-21(28)14-7-3-1-4-8-14)32-20(18)26-12-11-17(27)25-23(26)30/h1-12,16,18-20H,13H2,(H,25,27,30)/t16-,18-,19-,20-/m1/s1. The summed E-state index contributed by atoms with van der Waals surface area (Å²) in [5.74, 6) is -1.16. The van der Waals surface area contributed by atoms with Gasteiger partial charge in [-0.25, -0.2) is 14.4 Å². The molecule has 1 saturated heterocycles. The number of aromatic nitrogens is 2. The Hall–Kier alpha value is -3.50. The Morgan fingerprint density at radius 3 is 2.15 bits per heavy atom. The first kappa shape index (κ1) is 22.7. The predicted molar refractivity (Wildman–Crippen MR) is 120 cm³/mol. The average molecular weight is 515 g/mol. The van der Waals surface area contributed by atoms with Gasteiger partial charge in [-0.3, -0.25) is 14.3 Å². The fraction of sp³-hybridized carbons (Fsp3) is 0.217. The zero-order valence-corrected chi connectivity index (χ0v) is 18.7. The first-order valence-electron chi connectivity index (χ1n) is 10.0. The molecule has 0 unspecified atom stereocenters. The van der Waals surface area contributed by atoms with Crippen LogP contribution in [-0.4, -0.2) is 45.1 Å². The van der Waals surface area contributed by atoms with Crippen LogP contribution < -0.4 is 11.2 Å². The molecule has 9 nitrogen and oxygen atoms in total. The SMILES string of the molecule is O=C(OC[C@H]1O[C@@H](n2ccc(=O)[nH]c2=O)[C@H](Br)[C@@H]1OC(=O)c1ccccc1)c1ccccc1. The van der Waals surface area contributed by atoms with Gasteiger partial charge >= 0.3 is 17.6 Å². The highest BCUT2D eigenvalue weighted by atomic mass is 79.9. The summed E-state index contributed by atoms with van der Waals surface area (Å²) in [6, 6.07) is 18.0. The molecule has 0 radical (unpaired) electrons. The Balaban J connectivity index is 1.56. The molecule has 10 heteroatoms. The average Bonchev–Trinajstić information content (AvgIpc) is 3.13. The molecular weight excluding hydrogens is 496 g/mol. The van der Waals surface area contributed by atoms with Crippen molar-refractivity contribution in [2.24, 2.45) is 0 Å². The van der Waals surface area contributed by atoms with Crippen molar-refractivity contribution in [3.8, 4) is 0 Å². The van der Waals surface area contributed by atoms with E-state index in [1.54, 1.807) is 60.7 Å². The highest BCUT2D eigenvalue weighted by molar-refractivity contribution is 9.09. The third-order valence-electron chi connectivity index (χ3n) is 5.03. The number of rotatable bonds is 6. The molecule has 1 aliphatic rings. The van der Waals surface area contributed by atoms with Crippen LogP contribution in [-0.2, 0) is 14.2 Å². The number of nitrogens with one attached hydrogen (secondary N) is 1. The Bertz CT molecular complexity index is 1240. The minimum absolute atomic E-state index is 0.225. The van der Waals surface area contributed by atoms with E-state index in [9.17, 15) is 19.2 Å². The Morgan fingerprint density at radius 2 is 1.55 bits per heavy atom. The van der Waals surface area contributed by atoms with Crippen molar-refractivity contribution in [3.63, 3.8) is 0 Å². The lowest BCUT2D eigenvalue weighted by atomic mass is 10.1. The second-order valence-electron chi connectivity index (χ2n) is 7.23. The molecule has 1 aliphatic heterocycles. The number of H-pyrrole nitrogens is 1. The molecule has 3 aromatic rings. The molecule has 1 fully saturated rings. The summed E-state index contributed by atoms with van der Waals surface area (Å²) in [6.07, 6.45) is -1.42. The van der Waals surface area contributed by atoms with Crippen LogP contribution >= 0.6 is 15.9 Å². The molecule has 170 valence electrons. The molecule has 1 N–H and O–H groups in total. The van der Waals surface area contributed by atoms with Crippen LogP contribution in [0.25, 0.3) is 0 Å². The monoisotopic (exact) mass is 514 g/mol. The number of hydrogen-bond donors (Lipinski definition) is 1. The summed E-state index contributed by atoms with van der Waals surface area (Å²) in [5, 5.41) is 0. The molecule has 0 spiro atoms. The largest absolute Gasteiger partial charge is 0.459 e. The van der Waals surface area contributed by atoms with Crippen molar-refractivity contribution in [3.05, 3.63) is 105 Å². The van der Waals surface area contributed by atoms with Gasteiger partial charge in [0.15, 0.2) is 6.23 Å². The van der Waals surface area contributed by atoms with E-state index in [4.69, 9.17) is 14.2 Å². The van der Waals surface area contributed by atoms with Gasteiger partial charge in [-0.2, -0.15) is 0 Å². The molecule has 0 aliphatic carbocycles. The molecule has 4 atom stereocenters. The summed E-state index contributed by atoms with van der Waals surface area (Å²) in [4.78, 5) is 50.3. The number of benzene rings is 2. The number of hydrogen-bond acceptors (Lipinski definition) is 7. The highest BCUT2D eigenvalue weighted by Crippen LogP contribution is 2.36. The summed E-state index contributed by atoms with van der Waals surface area (Å²) in [5.41, 5.74) is -0.549. The van der Waals surface area contributed by atoms with Gasteiger partial charge in [0.25, 0.3) is 5.56 Å². The fourth-order valence-corrected chi connectivity index (χ4v) is 4.23. The smallest absolute Gasteiger partial charge is 0.338 e. The van der Waals surface area contributed by atoms with E-state index < -0.39 is 46.5 Å². The number of carbonyl (C=O) groups excluding carboxylic acids is 2. The van der Waals surface area contributed by atoms with Crippen LogP contribution in [0.15, 0.2) is 82.5 Å². The van der Waals surface area contributed by atoms with Gasteiger partial charge in [0.2, 0.25) is 0 Å². The van der Waals surface area contributed by atoms with Crippen LogP contribution in [0.4, 0.5) is 0 Å². The second-order valence-corrected chi connectivity index (χ2v) is 8.28. The van der Waals surface area contributed by atoms with Crippen LogP contribution in [0, 0.1) is 0 Å². The summed E-state index contributed by atoms with van der Waals surface area (Å²) < 4.78 is 18.2. The van der Waals surface area contributed by atoms with Crippen LogP contribution in [0.1, 0.15) is 26.9 Å². The van der Waals surface area contributed by atoms with Crippen LogP contribution in [0.5, 0.6) is 0 Å². The molecule has 2 aromatic carbocycles. The van der Waals surface area contributed by atoms with Crippen molar-refractivity contribution < 1.29 is 23.8 Å². The maximum atomic E-state index is 12.7. The Morgan fingerprint density at radius 1 is 0.939 bits per heavy atom. The molecule has 33 heavy (non-hydrogen) atoms. The van der Waals surface area contributed by atoms with E-state index in [1.165, 1.54) is 16.8 Å². The zero-order chi connectivity index (χ0) is 23.4. The Labute approximate surface area is 196 Å². The first-order valence-corrected chi connectivity index (χ1v) is 10.9. The van der Waals surface area contributed by atoms with Crippen LogP contribution in [0.2, 0.25) is 0 Å². The lowest BCUT2D eigenvalue weighted by Gasteiger charge is -2.20. The number of halogens is 1. The lowest BCUT2D eigenvalue weighted by Crippen LogP contribution is -2.37. The van der Waals surface area contributed by atoms with Crippen molar-refractivity contribution >= 4 is 27.9 Å². The highest BCUT2D eigenvalue weighted by Gasteiger charge is 2.47. The summed E-state index contributed by atoms with van der Waals surface area (Å²) in [7, 11) is 0. The number of ether oxygens (including phenoxy) is 3. The maximum Gasteiger partial charge on any atom is 0.338 e. The molecule has 0 saturated carbocycles. The van der Waals surface area contributed by atoms with Gasteiger partial charge in [0.05, 0.1) is 16.0 Å². The van der Waals surface area contributed by atoms with Crippen LogP contribution in [0.3, 0.4) is 0 Å². The second kappa shape index (κ2) is 9.97. The van der Waals surface area contributed by atoms with Gasteiger partial charge in [-0.15, -0.1) is 0 Å². The predicted octanol–water partition coefficient (Wildman–Crippen LogP) is 2.28. The molecule has 0 amide bonds. The molecular formula is C23H19BrN2O7. The van der Waals surface area contributed by atoms with E-state index in [-0.39, 0.29) is 6.61 Å². The van der Waals surface area contributed by atoms with Gasteiger partial charge in [-0.05, 0) is 24.3 Å². The molecule has 0 bridgehead atoms. The minimum atomic E-state index is -0.927. The van der Waals surface area contributed by atoms with Crippen molar-refractivity contribution in [1.29, 1.82) is 0 Å². The third-order valence-corrected chi connectivity index (χ3v) is 6.01. The third kappa shape index (κ3) is 5.12. The first-order chi connectivity index (χ1) is 15.9. The van der Waals surface area contributed by atoms with Gasteiger partial charge in [-0.1, -0.05) is 52.3 Å². The topological polar surface area (TPSA) is 117 Å². The van der Waals surface area contributed by atoms with E-state index in [0.29, 0.717) is 11.1 Å². The Kier molecular flexibility index (Phi) is 6.85. The van der Waals surface area contributed by atoms with E-state index >= 15 is 0 Å². The molecule has 2 heterocycles. The van der Waals surface area contributed by atoms with Gasteiger partial charge < -0.3 is 14.2 Å². The van der Waals surface area contributed by atoms with Gasteiger partial charge in [0, 0.05) is 12.3 Å². The molecule has 4 rings (SSSR count). The zero-order valence-electron chi connectivity index (χ0n) is 17.1. The van der Waals surface area contributed by atoms with E-state index in [1.807, 2.05) is 0 Å². The fourth-order valence-electron chi connectivity index (χ4n) is 3.40. The molecule has 1 aromatic heterocycles. The summed E-state index contributed by atoms with van der Waals surface area (Å²) >= 11 is 3.46. The van der Waals surface area contributed by atoms with E-state index in [0.717, 1.165) is 0 Å². The van der Waals surface area contributed by atoms with Crippen molar-refractivity contribution in [2.75, 3.05) is 6.61 Å². The number of aromatic amines is 1.